The number of hydrogen-bond acceptors (Lipinski definition) is 5. The van der Waals surface area contributed by atoms with Crippen molar-refractivity contribution < 1.29 is 0 Å². The van der Waals surface area contributed by atoms with E-state index in [0.717, 1.165) is 60.1 Å². The van der Waals surface area contributed by atoms with Crippen molar-refractivity contribution in [2.24, 2.45) is 0 Å². The largest absolute Gasteiger partial charge is 0.341 e. The van der Waals surface area contributed by atoms with Crippen molar-refractivity contribution in [3.05, 3.63) is 66.4 Å². The molecule has 0 aliphatic heterocycles. The molecule has 0 aliphatic rings. The molecule has 0 amide bonds. The molecule has 2 aromatic carbocycles. The maximum absolute atomic E-state index is 4.94. The number of rotatable bonds is 8. The SMILES string of the molecule is CCCN(CCC)c1nc(Nc2cccc(C)c2)c2cnn(-c3ccccc3)c2n1. The Hall–Kier alpha value is -3.41. The number of benzene rings is 2. The average Bonchev–Trinajstić information content (AvgIpc) is 3.19. The summed E-state index contributed by atoms with van der Waals surface area (Å²) in [5.41, 5.74) is 3.99. The van der Waals surface area contributed by atoms with E-state index in [0.29, 0.717) is 0 Å². The minimum atomic E-state index is 0.735. The van der Waals surface area contributed by atoms with Crippen LogP contribution in [0.4, 0.5) is 17.5 Å². The van der Waals surface area contributed by atoms with Crippen LogP contribution in [0.15, 0.2) is 60.8 Å². The summed E-state index contributed by atoms with van der Waals surface area (Å²) in [5, 5.41) is 9.03. The van der Waals surface area contributed by atoms with E-state index in [1.165, 1.54) is 5.56 Å². The molecule has 4 rings (SSSR count). The molecule has 2 aromatic heterocycles. The number of aryl methyl sites for hydroxylation is 1. The molecule has 6 heteroatoms. The van der Waals surface area contributed by atoms with Crippen molar-refractivity contribution in [3.8, 4) is 5.69 Å². The Morgan fingerprint density at radius 1 is 0.933 bits per heavy atom. The molecule has 0 bridgehead atoms. The van der Waals surface area contributed by atoms with Gasteiger partial charge in [-0.1, -0.05) is 44.2 Å². The zero-order valence-electron chi connectivity index (χ0n) is 17.8. The number of para-hydroxylation sites is 1. The molecular weight excluding hydrogens is 372 g/mol. The van der Waals surface area contributed by atoms with E-state index in [1.807, 2.05) is 47.3 Å². The first kappa shape index (κ1) is 19.9. The van der Waals surface area contributed by atoms with E-state index >= 15 is 0 Å². The van der Waals surface area contributed by atoms with Crippen LogP contribution in [0.5, 0.6) is 0 Å². The average molecular weight is 401 g/mol. The Labute approximate surface area is 177 Å². The lowest BCUT2D eigenvalue weighted by molar-refractivity contribution is 0.722. The summed E-state index contributed by atoms with van der Waals surface area (Å²) < 4.78 is 1.89. The van der Waals surface area contributed by atoms with Crippen molar-refractivity contribution in [1.29, 1.82) is 0 Å². The Morgan fingerprint density at radius 3 is 2.40 bits per heavy atom. The van der Waals surface area contributed by atoms with E-state index < -0.39 is 0 Å². The van der Waals surface area contributed by atoms with Crippen LogP contribution in [-0.2, 0) is 0 Å². The lowest BCUT2D eigenvalue weighted by Crippen LogP contribution is -2.27. The predicted octanol–water partition coefficient (Wildman–Crippen LogP) is 5.49. The minimum Gasteiger partial charge on any atom is -0.341 e. The summed E-state index contributed by atoms with van der Waals surface area (Å²) in [7, 11) is 0. The lowest BCUT2D eigenvalue weighted by atomic mass is 10.2. The van der Waals surface area contributed by atoms with Crippen LogP contribution in [0.25, 0.3) is 16.7 Å². The Morgan fingerprint density at radius 2 is 1.70 bits per heavy atom. The van der Waals surface area contributed by atoms with Crippen LogP contribution < -0.4 is 10.2 Å². The van der Waals surface area contributed by atoms with Crippen molar-refractivity contribution in [1.82, 2.24) is 19.7 Å². The van der Waals surface area contributed by atoms with Gasteiger partial charge in [-0.05, 0) is 49.6 Å². The molecule has 0 spiro atoms. The maximum Gasteiger partial charge on any atom is 0.229 e. The lowest BCUT2D eigenvalue weighted by Gasteiger charge is -2.22. The number of nitrogens with one attached hydrogen (secondary N) is 1. The summed E-state index contributed by atoms with van der Waals surface area (Å²) in [6.45, 7) is 8.29. The number of hydrogen-bond donors (Lipinski definition) is 1. The molecule has 2 heterocycles. The van der Waals surface area contributed by atoms with E-state index in [2.05, 4.69) is 54.3 Å². The molecule has 0 fully saturated rings. The van der Waals surface area contributed by atoms with Gasteiger partial charge < -0.3 is 10.2 Å². The highest BCUT2D eigenvalue weighted by molar-refractivity contribution is 5.90. The smallest absolute Gasteiger partial charge is 0.229 e. The van der Waals surface area contributed by atoms with Crippen molar-refractivity contribution >= 4 is 28.5 Å². The van der Waals surface area contributed by atoms with Gasteiger partial charge in [-0.15, -0.1) is 0 Å². The number of fused-ring (bicyclic) bond motifs is 1. The van der Waals surface area contributed by atoms with Crippen molar-refractivity contribution in [2.45, 2.75) is 33.6 Å². The van der Waals surface area contributed by atoms with Gasteiger partial charge in [0.05, 0.1) is 17.3 Å². The van der Waals surface area contributed by atoms with Crippen LogP contribution in [0, 0.1) is 6.92 Å². The van der Waals surface area contributed by atoms with E-state index in [4.69, 9.17) is 9.97 Å². The van der Waals surface area contributed by atoms with Gasteiger partial charge in [-0.2, -0.15) is 15.1 Å². The predicted molar refractivity (Wildman–Crippen MR) is 124 cm³/mol. The molecule has 30 heavy (non-hydrogen) atoms. The maximum atomic E-state index is 4.94. The molecule has 154 valence electrons. The standard InChI is InChI=1S/C24H28N6/c1-4-14-29(15-5-2)24-27-22(26-19-11-9-10-18(3)16-19)21-17-25-30(23(21)28-24)20-12-7-6-8-13-20/h6-13,16-17H,4-5,14-15H2,1-3H3,(H,26,27,28). The zero-order valence-corrected chi connectivity index (χ0v) is 17.8. The molecule has 0 unspecified atom stereocenters. The molecule has 0 atom stereocenters. The first-order chi connectivity index (χ1) is 14.7. The summed E-state index contributed by atoms with van der Waals surface area (Å²) in [4.78, 5) is 12.1. The topological polar surface area (TPSA) is 58.9 Å². The highest BCUT2D eigenvalue weighted by Gasteiger charge is 2.17. The van der Waals surface area contributed by atoms with Crippen molar-refractivity contribution in [3.63, 3.8) is 0 Å². The molecule has 4 aromatic rings. The third-order valence-electron chi connectivity index (χ3n) is 4.97. The normalized spacial score (nSPS) is 11.0. The van der Waals surface area contributed by atoms with Gasteiger partial charge in [0.15, 0.2) is 5.65 Å². The number of aromatic nitrogens is 4. The third kappa shape index (κ3) is 4.13. The molecule has 0 saturated heterocycles. The number of anilines is 3. The first-order valence-corrected chi connectivity index (χ1v) is 10.6. The molecule has 0 radical (unpaired) electrons. The van der Waals surface area contributed by atoms with E-state index in [9.17, 15) is 0 Å². The summed E-state index contributed by atoms with van der Waals surface area (Å²) >= 11 is 0. The van der Waals surface area contributed by atoms with Gasteiger partial charge in [0.25, 0.3) is 0 Å². The Bertz CT molecular complexity index is 1110. The van der Waals surface area contributed by atoms with Crippen LogP contribution in [0.3, 0.4) is 0 Å². The minimum absolute atomic E-state index is 0.735. The van der Waals surface area contributed by atoms with Crippen LogP contribution in [-0.4, -0.2) is 32.8 Å². The monoisotopic (exact) mass is 400 g/mol. The second kappa shape index (κ2) is 8.95. The van der Waals surface area contributed by atoms with E-state index in [1.54, 1.807) is 0 Å². The second-order valence-electron chi connectivity index (χ2n) is 7.48. The molecular formula is C24H28N6. The fourth-order valence-electron chi connectivity index (χ4n) is 3.60. The third-order valence-corrected chi connectivity index (χ3v) is 4.97. The Balaban J connectivity index is 1.87. The van der Waals surface area contributed by atoms with Crippen molar-refractivity contribution in [2.75, 3.05) is 23.3 Å². The van der Waals surface area contributed by atoms with Gasteiger partial charge in [-0.3, -0.25) is 0 Å². The summed E-state index contributed by atoms with van der Waals surface area (Å²) in [6.07, 6.45) is 3.92. The molecule has 0 aliphatic carbocycles. The van der Waals surface area contributed by atoms with Crippen LogP contribution in [0.2, 0.25) is 0 Å². The molecule has 6 nitrogen and oxygen atoms in total. The highest BCUT2D eigenvalue weighted by atomic mass is 15.3. The molecule has 1 N–H and O–H groups in total. The summed E-state index contributed by atoms with van der Waals surface area (Å²) in [6, 6.07) is 18.4. The second-order valence-corrected chi connectivity index (χ2v) is 7.48. The fourth-order valence-corrected chi connectivity index (χ4v) is 3.60. The van der Waals surface area contributed by atoms with Gasteiger partial charge >= 0.3 is 0 Å². The zero-order chi connectivity index (χ0) is 20.9. The summed E-state index contributed by atoms with van der Waals surface area (Å²) in [5.74, 6) is 1.51. The van der Waals surface area contributed by atoms with Gasteiger partial charge in [-0.25, -0.2) is 4.68 Å². The van der Waals surface area contributed by atoms with Gasteiger partial charge in [0.2, 0.25) is 5.95 Å². The fraction of sp³-hybridized carbons (Fsp3) is 0.292. The van der Waals surface area contributed by atoms with E-state index in [-0.39, 0.29) is 0 Å². The quantitative estimate of drug-likeness (QED) is 0.423. The van der Waals surface area contributed by atoms with Crippen LogP contribution >= 0.6 is 0 Å². The van der Waals surface area contributed by atoms with Crippen LogP contribution in [0.1, 0.15) is 32.3 Å². The molecule has 0 saturated carbocycles. The van der Waals surface area contributed by atoms with Gasteiger partial charge in [0, 0.05) is 18.8 Å². The highest BCUT2D eigenvalue weighted by Crippen LogP contribution is 2.28. The Kier molecular flexibility index (Phi) is 5.93. The first-order valence-electron chi connectivity index (χ1n) is 10.6. The van der Waals surface area contributed by atoms with Gasteiger partial charge in [0.1, 0.15) is 5.82 Å². The number of nitrogens with zero attached hydrogens (tertiary/aromatic N) is 5.